The van der Waals surface area contributed by atoms with Crippen LogP contribution in [0, 0.1) is 0 Å². The van der Waals surface area contributed by atoms with E-state index >= 15 is 0 Å². The van der Waals surface area contributed by atoms with Crippen LogP contribution in [0.1, 0.15) is 6.92 Å². The zero-order valence-electron chi connectivity index (χ0n) is 17.3. The second-order valence-electron chi connectivity index (χ2n) is 7.25. The van der Waals surface area contributed by atoms with E-state index < -0.39 is 24.5 Å². The number of carbonyl (C=O) groups excluding carboxylic acids is 1. The van der Waals surface area contributed by atoms with Crippen molar-refractivity contribution in [3.8, 4) is 17.3 Å². The number of nitrogens with one attached hydrogen (secondary N) is 2. The van der Waals surface area contributed by atoms with Crippen LogP contribution in [-0.2, 0) is 14.3 Å². The van der Waals surface area contributed by atoms with Gasteiger partial charge in [0.15, 0.2) is 11.8 Å². The number of pyridine rings is 1. The van der Waals surface area contributed by atoms with Gasteiger partial charge in [-0.3, -0.25) is 9.59 Å². The Bertz CT molecular complexity index is 1130. The molecule has 3 N–H and O–H groups in total. The number of morpholine rings is 1. The number of hydrogen-bond acceptors (Lipinski definition) is 7. The van der Waals surface area contributed by atoms with Crippen LogP contribution in [0.25, 0.3) is 22.4 Å². The second-order valence-corrected chi connectivity index (χ2v) is 7.66. The number of H-pyrrole nitrogens is 1. The second kappa shape index (κ2) is 9.41. The highest BCUT2D eigenvalue weighted by atomic mass is 35.5. The first-order chi connectivity index (χ1) is 15.4. The number of aromatic nitrogens is 3. The minimum atomic E-state index is -1.14. The molecular formula is C21H22ClN5O5. The van der Waals surface area contributed by atoms with Gasteiger partial charge < -0.3 is 29.8 Å². The van der Waals surface area contributed by atoms with Gasteiger partial charge >= 0.3 is 5.97 Å². The molecule has 168 valence electrons. The van der Waals surface area contributed by atoms with E-state index in [1.165, 1.54) is 6.92 Å². The highest BCUT2D eigenvalue weighted by Gasteiger charge is 2.19. The SMILES string of the molecule is C[C@H](Oc1nc2nc(-c3ccc(N4CCOCC4)cc3)c(Cl)cc2[nH]1)C(=O)NCC(=O)O. The van der Waals surface area contributed by atoms with Crippen LogP contribution in [0.15, 0.2) is 30.3 Å². The number of aliphatic carboxylic acids is 1. The van der Waals surface area contributed by atoms with Crippen molar-refractivity contribution in [2.75, 3.05) is 37.7 Å². The standard InChI is InChI=1S/C21H22ClN5O5/c1-12(20(30)23-11-17(28)29)32-21-24-16-10-15(22)18(25-19(16)26-21)13-2-4-14(5-3-13)27-6-8-31-9-7-27/h2-5,10,12H,6-9,11H2,1H3,(H,23,30)(H,28,29)(H,24,25,26)/t12-/m0/s1. The van der Waals surface area contributed by atoms with Crippen molar-refractivity contribution in [1.29, 1.82) is 0 Å². The lowest BCUT2D eigenvalue weighted by molar-refractivity contribution is -0.139. The Morgan fingerprint density at radius 3 is 2.69 bits per heavy atom. The van der Waals surface area contributed by atoms with Gasteiger partial charge in [-0.05, 0) is 25.1 Å². The molecule has 1 aliphatic rings. The molecule has 3 heterocycles. The summed E-state index contributed by atoms with van der Waals surface area (Å²) in [5.41, 5.74) is 3.48. The predicted octanol–water partition coefficient (Wildman–Crippen LogP) is 2.08. The van der Waals surface area contributed by atoms with Crippen LogP contribution in [0.2, 0.25) is 5.02 Å². The third kappa shape index (κ3) is 4.92. The average Bonchev–Trinajstić information content (AvgIpc) is 3.18. The molecular weight excluding hydrogens is 438 g/mol. The molecule has 1 aromatic carbocycles. The molecule has 4 rings (SSSR count). The number of hydrogen-bond donors (Lipinski definition) is 3. The highest BCUT2D eigenvalue weighted by Crippen LogP contribution is 2.31. The molecule has 32 heavy (non-hydrogen) atoms. The number of benzene rings is 1. The van der Waals surface area contributed by atoms with E-state index in [4.69, 9.17) is 26.2 Å². The Balaban J connectivity index is 1.51. The highest BCUT2D eigenvalue weighted by molar-refractivity contribution is 6.33. The van der Waals surface area contributed by atoms with Crippen molar-refractivity contribution in [2.24, 2.45) is 0 Å². The molecule has 1 aliphatic heterocycles. The van der Waals surface area contributed by atoms with Crippen molar-refractivity contribution >= 4 is 40.3 Å². The Morgan fingerprint density at radius 1 is 1.28 bits per heavy atom. The number of fused-ring (bicyclic) bond motifs is 1. The lowest BCUT2D eigenvalue weighted by Crippen LogP contribution is -2.39. The number of nitrogens with zero attached hydrogens (tertiary/aromatic N) is 3. The monoisotopic (exact) mass is 459 g/mol. The minimum absolute atomic E-state index is 0.0846. The summed E-state index contributed by atoms with van der Waals surface area (Å²) < 4.78 is 10.9. The van der Waals surface area contributed by atoms with E-state index in [2.05, 4.69) is 25.2 Å². The van der Waals surface area contributed by atoms with Crippen molar-refractivity contribution in [1.82, 2.24) is 20.3 Å². The number of rotatable bonds is 7. The molecule has 0 bridgehead atoms. The Morgan fingerprint density at radius 2 is 2.00 bits per heavy atom. The van der Waals surface area contributed by atoms with Crippen LogP contribution in [0.5, 0.6) is 6.01 Å². The van der Waals surface area contributed by atoms with E-state index in [9.17, 15) is 9.59 Å². The number of imidazole rings is 1. The third-order valence-electron chi connectivity index (χ3n) is 4.99. The molecule has 1 amide bonds. The number of carbonyl (C=O) groups is 2. The maximum Gasteiger partial charge on any atom is 0.322 e. The van der Waals surface area contributed by atoms with Crippen LogP contribution < -0.4 is 15.0 Å². The maximum atomic E-state index is 11.9. The molecule has 1 saturated heterocycles. The summed E-state index contributed by atoms with van der Waals surface area (Å²) in [6.45, 7) is 4.15. The molecule has 11 heteroatoms. The first-order valence-electron chi connectivity index (χ1n) is 10.1. The fraction of sp³-hybridized carbons (Fsp3) is 0.333. The van der Waals surface area contributed by atoms with Crippen molar-refractivity contribution in [3.63, 3.8) is 0 Å². The summed E-state index contributed by atoms with van der Waals surface area (Å²) in [6, 6.07) is 9.76. The van der Waals surface area contributed by atoms with Gasteiger partial charge in [0.1, 0.15) is 6.54 Å². The Hall–Kier alpha value is -3.37. The maximum absolute atomic E-state index is 11.9. The van der Waals surface area contributed by atoms with Gasteiger partial charge in [-0.2, -0.15) is 4.98 Å². The van der Waals surface area contributed by atoms with Gasteiger partial charge in [0.05, 0.1) is 29.4 Å². The van der Waals surface area contributed by atoms with Gasteiger partial charge in [-0.25, -0.2) is 4.98 Å². The number of amides is 1. The lowest BCUT2D eigenvalue weighted by Gasteiger charge is -2.28. The molecule has 0 unspecified atom stereocenters. The van der Waals surface area contributed by atoms with Crippen LogP contribution in [0.3, 0.4) is 0 Å². The number of anilines is 1. The van der Waals surface area contributed by atoms with Gasteiger partial charge in [-0.15, -0.1) is 0 Å². The van der Waals surface area contributed by atoms with Gasteiger partial charge in [0.2, 0.25) is 0 Å². The number of halogens is 1. The molecule has 10 nitrogen and oxygen atoms in total. The van der Waals surface area contributed by atoms with Crippen molar-refractivity contribution in [3.05, 3.63) is 35.4 Å². The van der Waals surface area contributed by atoms with E-state index in [-0.39, 0.29) is 6.01 Å². The van der Waals surface area contributed by atoms with Crippen molar-refractivity contribution in [2.45, 2.75) is 13.0 Å². The van der Waals surface area contributed by atoms with Crippen LogP contribution in [-0.4, -0.2) is 70.9 Å². The first kappa shape index (κ1) is 21.8. The molecule has 1 fully saturated rings. The molecule has 1 atom stereocenters. The zero-order valence-corrected chi connectivity index (χ0v) is 18.1. The molecule has 2 aromatic heterocycles. The summed E-state index contributed by atoms with van der Waals surface area (Å²) in [4.78, 5) is 36.5. The summed E-state index contributed by atoms with van der Waals surface area (Å²) in [5.74, 6) is -1.71. The topological polar surface area (TPSA) is 130 Å². The lowest BCUT2D eigenvalue weighted by atomic mass is 10.1. The number of carboxylic acid groups (broad SMARTS) is 1. The van der Waals surface area contributed by atoms with Gasteiger partial charge in [-0.1, -0.05) is 23.7 Å². The quantitative estimate of drug-likeness (QED) is 0.489. The molecule has 3 aromatic rings. The fourth-order valence-corrected chi connectivity index (χ4v) is 3.59. The van der Waals surface area contributed by atoms with Crippen LogP contribution >= 0.6 is 11.6 Å². The third-order valence-corrected chi connectivity index (χ3v) is 5.28. The minimum Gasteiger partial charge on any atom is -0.480 e. The fourth-order valence-electron chi connectivity index (χ4n) is 3.33. The first-order valence-corrected chi connectivity index (χ1v) is 10.4. The van der Waals surface area contributed by atoms with Crippen molar-refractivity contribution < 1.29 is 24.2 Å². The zero-order chi connectivity index (χ0) is 22.7. The summed E-state index contributed by atoms with van der Waals surface area (Å²) in [5, 5.41) is 11.3. The van der Waals surface area contributed by atoms with Gasteiger partial charge in [0.25, 0.3) is 11.9 Å². The van der Waals surface area contributed by atoms with E-state index in [0.29, 0.717) is 21.9 Å². The molecule has 0 spiro atoms. The van der Waals surface area contributed by atoms with E-state index in [1.807, 2.05) is 24.3 Å². The largest absolute Gasteiger partial charge is 0.480 e. The Labute approximate surface area is 188 Å². The van der Waals surface area contributed by atoms with E-state index in [0.717, 1.165) is 37.6 Å². The molecule has 0 saturated carbocycles. The number of carboxylic acids is 1. The summed E-state index contributed by atoms with van der Waals surface area (Å²) >= 11 is 6.46. The smallest absolute Gasteiger partial charge is 0.322 e. The van der Waals surface area contributed by atoms with Gasteiger partial charge in [0, 0.05) is 24.3 Å². The average molecular weight is 460 g/mol. The Kier molecular flexibility index (Phi) is 6.42. The molecule has 0 radical (unpaired) electrons. The molecule has 0 aliphatic carbocycles. The number of ether oxygens (including phenoxy) is 2. The predicted molar refractivity (Wildman–Crippen MR) is 118 cm³/mol. The number of aromatic amines is 1. The summed E-state index contributed by atoms with van der Waals surface area (Å²) in [6.07, 6.45) is -0.947. The van der Waals surface area contributed by atoms with Crippen LogP contribution in [0.4, 0.5) is 5.69 Å². The van der Waals surface area contributed by atoms with E-state index in [1.54, 1.807) is 6.07 Å². The normalized spacial score (nSPS) is 14.9. The summed E-state index contributed by atoms with van der Waals surface area (Å²) in [7, 11) is 0.